The van der Waals surface area contributed by atoms with E-state index in [9.17, 15) is 0 Å². The Labute approximate surface area is 123 Å². The van der Waals surface area contributed by atoms with E-state index < -0.39 is 0 Å². The lowest BCUT2D eigenvalue weighted by molar-refractivity contribution is 0.506. The van der Waals surface area contributed by atoms with Crippen molar-refractivity contribution in [3.63, 3.8) is 0 Å². The third-order valence-electron chi connectivity index (χ3n) is 3.40. The molecule has 2 nitrogen and oxygen atoms in total. The molecule has 0 aliphatic carbocycles. The van der Waals surface area contributed by atoms with Gasteiger partial charge in [-0.3, -0.25) is 0 Å². The van der Waals surface area contributed by atoms with Gasteiger partial charge in [0.25, 0.3) is 0 Å². The molecule has 0 aliphatic heterocycles. The van der Waals surface area contributed by atoms with Crippen LogP contribution in [0.1, 0.15) is 35.2 Å². The second-order valence-electron chi connectivity index (χ2n) is 4.89. The van der Waals surface area contributed by atoms with Crippen LogP contribution in [0.15, 0.2) is 39.6 Å². The van der Waals surface area contributed by atoms with Gasteiger partial charge in [0.05, 0.1) is 6.26 Å². The first kappa shape index (κ1) is 14.4. The molecular weight excluding hydrogens is 302 g/mol. The normalized spacial score (nSPS) is 12.6. The quantitative estimate of drug-likeness (QED) is 0.873. The molecule has 1 aromatic carbocycles. The SMILES string of the molecule is CCNC(Cc1cc(C)ccc1C)c1ccoc1Br. The number of nitrogens with one attached hydrogen (secondary N) is 1. The van der Waals surface area contributed by atoms with Crippen molar-refractivity contribution in [2.75, 3.05) is 6.54 Å². The fourth-order valence-corrected chi connectivity index (χ4v) is 2.85. The molecule has 0 amide bonds. The van der Waals surface area contributed by atoms with E-state index in [1.165, 1.54) is 22.3 Å². The van der Waals surface area contributed by atoms with Gasteiger partial charge in [-0.2, -0.15) is 0 Å². The maximum atomic E-state index is 5.36. The van der Waals surface area contributed by atoms with Gasteiger partial charge in [-0.15, -0.1) is 0 Å². The fraction of sp³-hybridized carbons (Fsp3) is 0.375. The second-order valence-corrected chi connectivity index (χ2v) is 5.61. The summed E-state index contributed by atoms with van der Waals surface area (Å²) in [5, 5.41) is 3.53. The maximum absolute atomic E-state index is 5.36. The lowest BCUT2D eigenvalue weighted by Gasteiger charge is -2.18. The Kier molecular flexibility index (Phi) is 4.83. The Balaban J connectivity index is 2.26. The van der Waals surface area contributed by atoms with Crippen LogP contribution in [0, 0.1) is 13.8 Å². The molecule has 102 valence electrons. The Hall–Kier alpha value is -1.06. The summed E-state index contributed by atoms with van der Waals surface area (Å²) in [6, 6.07) is 8.93. The predicted molar refractivity (Wildman–Crippen MR) is 82.4 cm³/mol. The summed E-state index contributed by atoms with van der Waals surface area (Å²) in [5.41, 5.74) is 5.22. The van der Waals surface area contributed by atoms with E-state index in [0.29, 0.717) is 0 Å². The van der Waals surface area contributed by atoms with Crippen LogP contribution in [0.5, 0.6) is 0 Å². The number of hydrogen-bond acceptors (Lipinski definition) is 2. The molecule has 0 saturated heterocycles. The number of rotatable bonds is 5. The average Bonchev–Trinajstić information content (AvgIpc) is 2.79. The maximum Gasteiger partial charge on any atom is 0.173 e. The van der Waals surface area contributed by atoms with Gasteiger partial charge in [0.15, 0.2) is 4.67 Å². The van der Waals surface area contributed by atoms with E-state index in [-0.39, 0.29) is 6.04 Å². The first-order valence-electron chi connectivity index (χ1n) is 6.64. The molecule has 2 rings (SSSR count). The number of likely N-dealkylation sites (N-methyl/N-ethyl adjacent to an activating group) is 1. The number of halogens is 1. The van der Waals surface area contributed by atoms with Crippen LogP contribution in [0.4, 0.5) is 0 Å². The fourth-order valence-electron chi connectivity index (χ4n) is 2.33. The zero-order valence-electron chi connectivity index (χ0n) is 11.7. The highest BCUT2D eigenvalue weighted by Gasteiger charge is 2.17. The summed E-state index contributed by atoms with van der Waals surface area (Å²) < 4.78 is 6.18. The van der Waals surface area contributed by atoms with Crippen molar-refractivity contribution in [1.29, 1.82) is 0 Å². The summed E-state index contributed by atoms with van der Waals surface area (Å²) >= 11 is 3.48. The summed E-state index contributed by atoms with van der Waals surface area (Å²) in [7, 11) is 0. The van der Waals surface area contributed by atoms with Crippen LogP contribution >= 0.6 is 15.9 Å². The van der Waals surface area contributed by atoms with E-state index in [4.69, 9.17) is 4.42 Å². The number of aryl methyl sites for hydroxylation is 2. The molecule has 0 spiro atoms. The first-order valence-corrected chi connectivity index (χ1v) is 7.43. The van der Waals surface area contributed by atoms with Gasteiger partial charge in [-0.1, -0.05) is 30.7 Å². The topological polar surface area (TPSA) is 25.2 Å². The standard InChI is InChI=1S/C16H20BrNO/c1-4-18-15(14-7-8-19-16(14)17)10-13-9-11(2)5-6-12(13)3/h5-9,15,18H,4,10H2,1-3H3. The van der Waals surface area contributed by atoms with Crippen LogP contribution in [-0.4, -0.2) is 6.54 Å². The third-order valence-corrected chi connectivity index (χ3v) is 4.05. The second kappa shape index (κ2) is 6.40. The van der Waals surface area contributed by atoms with Crippen LogP contribution in [0.2, 0.25) is 0 Å². The van der Waals surface area contributed by atoms with Crippen LogP contribution < -0.4 is 5.32 Å². The van der Waals surface area contributed by atoms with Gasteiger partial charge in [0.2, 0.25) is 0 Å². The summed E-state index contributed by atoms with van der Waals surface area (Å²) in [5.74, 6) is 0. The van der Waals surface area contributed by atoms with Crippen LogP contribution in [0.25, 0.3) is 0 Å². The molecule has 0 fully saturated rings. The van der Waals surface area contributed by atoms with Gasteiger partial charge in [0.1, 0.15) is 0 Å². The van der Waals surface area contributed by atoms with Gasteiger partial charge in [-0.05, 0) is 59.9 Å². The molecule has 2 aromatic rings. The van der Waals surface area contributed by atoms with Gasteiger partial charge >= 0.3 is 0 Å². The van der Waals surface area contributed by atoms with Gasteiger partial charge in [0, 0.05) is 11.6 Å². The minimum absolute atomic E-state index is 0.277. The highest BCUT2D eigenvalue weighted by atomic mass is 79.9. The molecule has 1 atom stereocenters. The number of benzene rings is 1. The Morgan fingerprint density at radius 1 is 1.26 bits per heavy atom. The minimum Gasteiger partial charge on any atom is -0.457 e. The summed E-state index contributed by atoms with van der Waals surface area (Å²) in [4.78, 5) is 0. The van der Waals surface area contributed by atoms with Crippen molar-refractivity contribution in [1.82, 2.24) is 5.32 Å². The third kappa shape index (κ3) is 3.48. The van der Waals surface area contributed by atoms with Crippen molar-refractivity contribution < 1.29 is 4.42 Å². The molecule has 1 aromatic heterocycles. The molecule has 1 N–H and O–H groups in total. The monoisotopic (exact) mass is 321 g/mol. The lowest BCUT2D eigenvalue weighted by Crippen LogP contribution is -2.23. The van der Waals surface area contributed by atoms with Crippen molar-refractivity contribution >= 4 is 15.9 Å². The van der Waals surface area contributed by atoms with Crippen molar-refractivity contribution in [3.8, 4) is 0 Å². The molecule has 3 heteroatoms. The molecule has 0 aliphatic rings. The van der Waals surface area contributed by atoms with Crippen LogP contribution in [-0.2, 0) is 6.42 Å². The number of hydrogen-bond donors (Lipinski definition) is 1. The molecule has 1 heterocycles. The van der Waals surface area contributed by atoms with Crippen molar-refractivity contribution in [2.45, 2.75) is 33.2 Å². The molecule has 0 bridgehead atoms. The van der Waals surface area contributed by atoms with E-state index in [2.05, 4.69) is 60.2 Å². The smallest absolute Gasteiger partial charge is 0.173 e. The molecular formula is C16H20BrNO. The highest BCUT2D eigenvalue weighted by Crippen LogP contribution is 2.28. The van der Waals surface area contributed by atoms with E-state index in [1.54, 1.807) is 6.26 Å². The summed E-state index contributed by atoms with van der Waals surface area (Å²) in [6.45, 7) is 7.37. The van der Waals surface area contributed by atoms with E-state index in [1.807, 2.05) is 6.07 Å². The van der Waals surface area contributed by atoms with Gasteiger partial charge in [-0.25, -0.2) is 0 Å². The largest absolute Gasteiger partial charge is 0.457 e. The average molecular weight is 322 g/mol. The molecule has 19 heavy (non-hydrogen) atoms. The van der Waals surface area contributed by atoms with E-state index in [0.717, 1.165) is 17.6 Å². The predicted octanol–water partition coefficient (Wildman–Crippen LogP) is 4.55. The Morgan fingerprint density at radius 3 is 2.68 bits per heavy atom. The highest BCUT2D eigenvalue weighted by molar-refractivity contribution is 9.10. The lowest BCUT2D eigenvalue weighted by atomic mass is 9.96. The van der Waals surface area contributed by atoms with Crippen molar-refractivity contribution in [2.24, 2.45) is 0 Å². The van der Waals surface area contributed by atoms with Crippen molar-refractivity contribution in [3.05, 3.63) is 57.5 Å². The molecule has 0 saturated carbocycles. The zero-order valence-corrected chi connectivity index (χ0v) is 13.3. The number of furan rings is 1. The van der Waals surface area contributed by atoms with E-state index >= 15 is 0 Å². The molecule has 1 unspecified atom stereocenters. The zero-order chi connectivity index (χ0) is 13.8. The first-order chi connectivity index (χ1) is 9.11. The van der Waals surface area contributed by atoms with Crippen LogP contribution in [0.3, 0.4) is 0 Å². The minimum atomic E-state index is 0.277. The molecule has 0 radical (unpaired) electrons. The summed E-state index contributed by atoms with van der Waals surface area (Å²) in [6.07, 6.45) is 2.70. The Morgan fingerprint density at radius 2 is 2.05 bits per heavy atom. The van der Waals surface area contributed by atoms with Gasteiger partial charge < -0.3 is 9.73 Å². The Bertz CT molecular complexity index is 547.